The fourth-order valence-corrected chi connectivity index (χ4v) is 3.49. The van der Waals surface area contributed by atoms with Gasteiger partial charge in [-0.1, -0.05) is 12.1 Å². The first kappa shape index (κ1) is 27.6. The second-order valence-electron chi connectivity index (χ2n) is 7.39. The normalized spacial score (nSPS) is 12.1. The highest BCUT2D eigenvalue weighted by atomic mass is 79.9. The van der Waals surface area contributed by atoms with Crippen molar-refractivity contribution >= 4 is 33.7 Å². The minimum atomic E-state index is -4.56. The summed E-state index contributed by atoms with van der Waals surface area (Å²) in [5.74, 6) is -6.59. The molecule has 2 aromatic carbocycles. The van der Waals surface area contributed by atoms with Crippen LogP contribution in [-0.4, -0.2) is 22.7 Å². The predicted octanol–water partition coefficient (Wildman–Crippen LogP) is 4.18. The molecule has 3 aromatic rings. The Kier molecular flexibility index (Phi) is 8.15. The zero-order valence-corrected chi connectivity index (χ0v) is 20.2. The molecule has 0 aliphatic rings. The molecule has 1 unspecified atom stereocenters. The summed E-state index contributed by atoms with van der Waals surface area (Å²) in [6.07, 6.45) is -6.72. The molecule has 1 heterocycles. The average Bonchev–Trinajstić information content (AvgIpc) is 3.19. The van der Waals surface area contributed by atoms with Gasteiger partial charge in [0, 0.05) is 12.5 Å². The Labute approximate surface area is 213 Å². The number of carbonyl (C=O) groups excluding carboxylic acids is 3. The van der Waals surface area contributed by atoms with E-state index in [-0.39, 0.29) is 21.8 Å². The summed E-state index contributed by atoms with van der Waals surface area (Å²) < 4.78 is 78.2. The Morgan fingerprint density at radius 2 is 1.76 bits per heavy atom. The van der Waals surface area contributed by atoms with Gasteiger partial charge in [0.2, 0.25) is 17.7 Å². The third kappa shape index (κ3) is 6.61. The van der Waals surface area contributed by atoms with Crippen molar-refractivity contribution in [3.05, 3.63) is 69.7 Å². The van der Waals surface area contributed by atoms with E-state index in [1.54, 1.807) is 0 Å². The molecular weight excluding hydrogens is 575 g/mol. The highest BCUT2D eigenvalue weighted by Gasteiger charge is 2.31. The predicted molar refractivity (Wildman–Crippen MR) is 119 cm³/mol. The number of carbonyl (C=O) groups is 3. The lowest BCUT2D eigenvalue weighted by atomic mass is 10.1. The molecule has 3 amide bonds. The molecule has 0 aliphatic carbocycles. The molecule has 0 aliphatic heterocycles. The number of oxazole rings is 1. The molecule has 1 aromatic heterocycles. The van der Waals surface area contributed by atoms with Crippen LogP contribution >= 0.6 is 15.9 Å². The van der Waals surface area contributed by atoms with E-state index in [0.29, 0.717) is 6.07 Å². The van der Waals surface area contributed by atoms with Crippen molar-refractivity contribution in [1.82, 2.24) is 15.8 Å². The van der Waals surface area contributed by atoms with E-state index >= 15 is 0 Å². The van der Waals surface area contributed by atoms with Gasteiger partial charge in [0.15, 0.2) is 22.3 Å². The van der Waals surface area contributed by atoms with Gasteiger partial charge in [-0.3, -0.25) is 25.2 Å². The maximum absolute atomic E-state index is 14.8. The Morgan fingerprint density at radius 1 is 1.11 bits per heavy atom. The number of halogens is 6. The van der Waals surface area contributed by atoms with Crippen LogP contribution in [-0.2, 0) is 15.8 Å². The number of hydrogen-bond acceptors (Lipinski definition) is 6. The lowest BCUT2D eigenvalue weighted by Gasteiger charge is -2.17. The molecule has 0 spiro atoms. The van der Waals surface area contributed by atoms with Crippen molar-refractivity contribution in [2.75, 3.05) is 0 Å². The van der Waals surface area contributed by atoms with E-state index in [1.165, 1.54) is 0 Å². The Bertz CT molecular complexity index is 1340. The minimum Gasteiger partial charge on any atom is -0.477 e. The van der Waals surface area contributed by atoms with Crippen molar-refractivity contribution in [1.29, 1.82) is 0 Å². The van der Waals surface area contributed by atoms with Gasteiger partial charge in [0.05, 0.1) is 12.0 Å². The van der Waals surface area contributed by atoms with Crippen molar-refractivity contribution < 1.29 is 45.5 Å². The molecule has 0 saturated carbocycles. The van der Waals surface area contributed by atoms with Crippen LogP contribution in [0, 0.1) is 11.6 Å². The van der Waals surface area contributed by atoms with Crippen molar-refractivity contribution in [2.24, 2.45) is 5.73 Å². The third-order valence-corrected chi connectivity index (χ3v) is 5.22. The lowest BCUT2D eigenvalue weighted by molar-refractivity contribution is -0.137. The highest BCUT2D eigenvalue weighted by Crippen LogP contribution is 2.36. The fourth-order valence-electron chi connectivity index (χ4n) is 3.01. The number of hydrazine groups is 1. The second-order valence-corrected chi connectivity index (χ2v) is 8.11. The SMILES string of the molecule is CC(=O)NNC(=O)CC(Oc1ccc(F)c(C(N)=O)c1F)c1nc(-c2ccc(C(F)(F)F)cc2)c(Br)o1. The van der Waals surface area contributed by atoms with Crippen LogP contribution in [0.3, 0.4) is 0 Å². The molecule has 196 valence electrons. The van der Waals surface area contributed by atoms with Gasteiger partial charge in [-0.25, -0.2) is 13.8 Å². The number of nitrogens with one attached hydrogen (secondary N) is 2. The monoisotopic (exact) mass is 590 g/mol. The van der Waals surface area contributed by atoms with Crippen LogP contribution in [0.1, 0.15) is 41.3 Å². The summed E-state index contributed by atoms with van der Waals surface area (Å²) in [7, 11) is 0. The topological polar surface area (TPSA) is 137 Å². The number of aromatic nitrogens is 1. The van der Waals surface area contributed by atoms with Crippen LogP contribution in [0.2, 0.25) is 0 Å². The van der Waals surface area contributed by atoms with Crippen molar-refractivity contribution in [3.8, 4) is 17.0 Å². The molecule has 0 radical (unpaired) electrons. The molecule has 0 bridgehead atoms. The Balaban J connectivity index is 1.99. The quantitative estimate of drug-likeness (QED) is 0.279. The number of hydrogen-bond donors (Lipinski definition) is 3. The van der Waals surface area contributed by atoms with Crippen molar-refractivity contribution in [3.63, 3.8) is 0 Å². The van der Waals surface area contributed by atoms with Gasteiger partial charge in [-0.05, 0) is 40.2 Å². The van der Waals surface area contributed by atoms with E-state index in [9.17, 15) is 36.3 Å². The average molecular weight is 591 g/mol. The first-order chi connectivity index (χ1) is 17.3. The number of alkyl halides is 3. The largest absolute Gasteiger partial charge is 0.477 e. The minimum absolute atomic E-state index is 0.0250. The zero-order valence-electron chi connectivity index (χ0n) is 18.6. The molecule has 9 nitrogen and oxygen atoms in total. The molecule has 1 atom stereocenters. The van der Waals surface area contributed by atoms with Gasteiger partial charge >= 0.3 is 6.18 Å². The van der Waals surface area contributed by atoms with E-state index in [0.717, 1.165) is 37.3 Å². The Morgan fingerprint density at radius 3 is 2.32 bits per heavy atom. The molecule has 15 heteroatoms. The van der Waals surface area contributed by atoms with Crippen LogP contribution in [0.5, 0.6) is 5.75 Å². The molecule has 0 fully saturated rings. The van der Waals surface area contributed by atoms with Gasteiger partial charge in [0.1, 0.15) is 17.1 Å². The summed E-state index contributed by atoms with van der Waals surface area (Å²) in [4.78, 5) is 39.0. The molecule has 37 heavy (non-hydrogen) atoms. The van der Waals surface area contributed by atoms with Gasteiger partial charge in [0.25, 0.3) is 5.91 Å². The van der Waals surface area contributed by atoms with E-state index in [2.05, 4.69) is 26.3 Å². The van der Waals surface area contributed by atoms with Gasteiger partial charge in [-0.2, -0.15) is 13.2 Å². The number of nitrogens with two attached hydrogens (primary N) is 1. The summed E-state index contributed by atoms with van der Waals surface area (Å²) in [6.45, 7) is 1.12. The third-order valence-electron chi connectivity index (χ3n) is 4.68. The number of rotatable bonds is 7. The smallest absolute Gasteiger partial charge is 0.416 e. The van der Waals surface area contributed by atoms with Gasteiger partial charge < -0.3 is 14.9 Å². The first-order valence-corrected chi connectivity index (χ1v) is 10.9. The van der Waals surface area contributed by atoms with Crippen LogP contribution in [0.4, 0.5) is 22.0 Å². The lowest BCUT2D eigenvalue weighted by Crippen LogP contribution is -2.41. The van der Waals surface area contributed by atoms with Crippen LogP contribution < -0.4 is 21.3 Å². The van der Waals surface area contributed by atoms with Crippen LogP contribution in [0.25, 0.3) is 11.3 Å². The molecular formula is C22H16BrF5N4O5. The summed E-state index contributed by atoms with van der Waals surface area (Å²) >= 11 is 3.09. The molecule has 3 rings (SSSR count). The molecule has 4 N–H and O–H groups in total. The van der Waals surface area contributed by atoms with E-state index in [1.807, 2.05) is 5.43 Å². The van der Waals surface area contributed by atoms with E-state index < -0.39 is 64.9 Å². The number of benzene rings is 2. The number of nitrogens with zero attached hydrogens (tertiary/aromatic N) is 1. The zero-order chi connectivity index (χ0) is 27.5. The van der Waals surface area contributed by atoms with Gasteiger partial charge in [-0.15, -0.1) is 0 Å². The number of amides is 3. The summed E-state index contributed by atoms with van der Waals surface area (Å²) in [5.41, 5.74) is 7.35. The standard InChI is InChI=1S/C22H16BrF5N4O5/c1-9(33)31-32-15(34)8-14(36-13-7-6-12(24)16(17(13)25)20(29)35)21-30-18(19(23)37-21)10-2-4-11(5-3-10)22(26,27)28/h2-7,14H,8H2,1H3,(H2,29,35)(H,31,33)(H,32,34). The molecule has 0 saturated heterocycles. The number of primary amides is 1. The van der Waals surface area contributed by atoms with Crippen LogP contribution in [0.15, 0.2) is 45.5 Å². The highest BCUT2D eigenvalue weighted by molar-refractivity contribution is 9.10. The maximum Gasteiger partial charge on any atom is 0.416 e. The number of ether oxygens (including phenoxy) is 1. The summed E-state index contributed by atoms with van der Waals surface area (Å²) in [6, 6.07) is 5.46. The maximum atomic E-state index is 14.8. The summed E-state index contributed by atoms with van der Waals surface area (Å²) in [5, 5.41) is 0. The Hall–Kier alpha value is -4.01. The van der Waals surface area contributed by atoms with Crippen molar-refractivity contribution in [2.45, 2.75) is 25.6 Å². The van der Waals surface area contributed by atoms with E-state index in [4.69, 9.17) is 14.9 Å². The second kappa shape index (κ2) is 10.9. The fraction of sp³-hybridized carbons (Fsp3) is 0.182. The first-order valence-electron chi connectivity index (χ1n) is 10.1.